The third-order valence-electron chi connectivity index (χ3n) is 7.48. The van der Waals surface area contributed by atoms with E-state index in [1.165, 1.54) is 25.7 Å². The molecule has 4 rings (SSSR count). The predicted octanol–water partition coefficient (Wildman–Crippen LogP) is 4.41. The summed E-state index contributed by atoms with van der Waals surface area (Å²) in [6.45, 7) is 1.25. The summed E-state index contributed by atoms with van der Waals surface area (Å²) in [4.78, 5) is 29.7. The van der Waals surface area contributed by atoms with Crippen molar-refractivity contribution in [2.75, 3.05) is 20.3 Å². The fourth-order valence-electron chi connectivity index (χ4n) is 6.18. The number of carbonyl (C=O) groups excluding carboxylic acids is 2. The van der Waals surface area contributed by atoms with E-state index in [1.807, 2.05) is 24.3 Å². The summed E-state index contributed by atoms with van der Waals surface area (Å²) in [6, 6.07) is 8.11. The third kappa shape index (κ3) is 3.89. The van der Waals surface area contributed by atoms with Gasteiger partial charge in [-0.2, -0.15) is 0 Å². The van der Waals surface area contributed by atoms with Crippen LogP contribution in [0.5, 0.6) is 0 Å². The van der Waals surface area contributed by atoms with Gasteiger partial charge in [0.15, 0.2) is 0 Å². The molecule has 1 atom stereocenters. The zero-order chi connectivity index (χ0) is 21.0. The Morgan fingerprint density at radius 3 is 2.53 bits per heavy atom. The van der Waals surface area contributed by atoms with Crippen LogP contribution in [0.3, 0.4) is 0 Å². The van der Waals surface area contributed by atoms with Gasteiger partial charge in [0.1, 0.15) is 0 Å². The van der Waals surface area contributed by atoms with Crippen LogP contribution in [-0.4, -0.2) is 48.6 Å². The van der Waals surface area contributed by atoms with Crippen molar-refractivity contribution in [2.45, 2.75) is 88.1 Å². The van der Waals surface area contributed by atoms with Crippen molar-refractivity contribution < 1.29 is 14.3 Å². The first-order valence-corrected chi connectivity index (χ1v) is 11.9. The van der Waals surface area contributed by atoms with Crippen LogP contribution in [0.4, 0.5) is 0 Å². The number of carbonyl (C=O) groups is 2. The molecule has 5 heteroatoms. The molecule has 1 aliphatic heterocycles. The summed E-state index contributed by atoms with van der Waals surface area (Å²) in [6.07, 6.45) is 11.8. The minimum absolute atomic E-state index is 0.0776. The lowest BCUT2D eigenvalue weighted by molar-refractivity contribution is -0.128. The molecule has 2 aliphatic carbocycles. The van der Waals surface area contributed by atoms with Crippen LogP contribution in [0.2, 0.25) is 0 Å². The number of methoxy groups -OCH3 is 1. The van der Waals surface area contributed by atoms with E-state index in [0.717, 1.165) is 56.1 Å². The van der Waals surface area contributed by atoms with Gasteiger partial charge in [-0.25, -0.2) is 0 Å². The second kappa shape index (κ2) is 9.51. The van der Waals surface area contributed by atoms with Crippen molar-refractivity contribution >= 4 is 11.8 Å². The second-order valence-electron chi connectivity index (χ2n) is 9.29. The van der Waals surface area contributed by atoms with Crippen LogP contribution in [0.25, 0.3) is 0 Å². The van der Waals surface area contributed by atoms with E-state index in [2.05, 4.69) is 10.2 Å². The molecule has 1 aromatic rings. The molecule has 2 amide bonds. The van der Waals surface area contributed by atoms with Gasteiger partial charge in [-0.15, -0.1) is 0 Å². The van der Waals surface area contributed by atoms with Gasteiger partial charge in [-0.3, -0.25) is 9.59 Å². The molecule has 0 radical (unpaired) electrons. The standard InChI is InChI=1S/C25H36N2O3/c1-30-18-10-17-26-23(28)22-20-13-6-7-14-21(20)24(29)27(19-11-4-2-5-12-19)25(22)15-8-3-9-16-25/h6-7,13-14,19,22H,2-5,8-12,15-18H2,1H3,(H,26,28). The zero-order valence-electron chi connectivity index (χ0n) is 18.3. The summed E-state index contributed by atoms with van der Waals surface area (Å²) >= 11 is 0. The van der Waals surface area contributed by atoms with E-state index < -0.39 is 0 Å². The minimum Gasteiger partial charge on any atom is -0.385 e. The fraction of sp³-hybridized carbons (Fsp3) is 0.680. The number of nitrogens with one attached hydrogen (secondary N) is 1. The van der Waals surface area contributed by atoms with Gasteiger partial charge < -0.3 is 15.0 Å². The average molecular weight is 413 g/mol. The average Bonchev–Trinajstić information content (AvgIpc) is 2.78. The van der Waals surface area contributed by atoms with E-state index in [-0.39, 0.29) is 29.3 Å². The smallest absolute Gasteiger partial charge is 0.254 e. The highest BCUT2D eigenvalue weighted by molar-refractivity contribution is 6.02. The molecule has 2 fully saturated rings. The Labute approximate surface area is 180 Å². The van der Waals surface area contributed by atoms with Crippen molar-refractivity contribution in [3.63, 3.8) is 0 Å². The van der Waals surface area contributed by atoms with E-state index in [4.69, 9.17) is 4.74 Å². The Bertz CT molecular complexity index is 751. The number of hydrogen-bond donors (Lipinski definition) is 1. The maximum absolute atomic E-state index is 13.8. The molecule has 5 nitrogen and oxygen atoms in total. The van der Waals surface area contributed by atoms with Crippen molar-refractivity contribution in [3.05, 3.63) is 35.4 Å². The highest BCUT2D eigenvalue weighted by atomic mass is 16.5. The van der Waals surface area contributed by atoms with Gasteiger partial charge in [0.05, 0.1) is 11.5 Å². The van der Waals surface area contributed by atoms with Crippen LogP contribution in [0, 0.1) is 0 Å². The summed E-state index contributed by atoms with van der Waals surface area (Å²) in [7, 11) is 1.68. The molecule has 1 aromatic carbocycles. The van der Waals surface area contributed by atoms with E-state index in [0.29, 0.717) is 13.2 Å². The first-order chi connectivity index (χ1) is 14.7. The van der Waals surface area contributed by atoms with Crippen LogP contribution in [0.1, 0.15) is 92.5 Å². The normalized spacial score (nSPS) is 24.0. The number of nitrogens with zero attached hydrogens (tertiary/aromatic N) is 1. The van der Waals surface area contributed by atoms with Gasteiger partial charge in [-0.05, 0) is 43.7 Å². The van der Waals surface area contributed by atoms with Crippen LogP contribution < -0.4 is 5.32 Å². The second-order valence-corrected chi connectivity index (χ2v) is 9.29. The van der Waals surface area contributed by atoms with Crippen LogP contribution in [0.15, 0.2) is 24.3 Å². The van der Waals surface area contributed by atoms with Gasteiger partial charge in [0.2, 0.25) is 5.91 Å². The zero-order valence-corrected chi connectivity index (χ0v) is 18.3. The SMILES string of the molecule is COCCCNC(=O)C1c2ccccc2C(=O)N(C2CCCCC2)C12CCCCC2. The fourth-order valence-corrected chi connectivity index (χ4v) is 6.18. The summed E-state index contributed by atoms with van der Waals surface area (Å²) < 4.78 is 5.14. The lowest BCUT2D eigenvalue weighted by atomic mass is 9.64. The topological polar surface area (TPSA) is 58.6 Å². The molecule has 3 aliphatic rings. The number of hydrogen-bond acceptors (Lipinski definition) is 3. The number of rotatable bonds is 6. The summed E-state index contributed by atoms with van der Waals surface area (Å²) in [5.41, 5.74) is 1.29. The minimum atomic E-state index is -0.378. The predicted molar refractivity (Wildman–Crippen MR) is 118 cm³/mol. The molecule has 0 saturated heterocycles. The van der Waals surface area contributed by atoms with Crippen LogP contribution in [-0.2, 0) is 9.53 Å². The number of benzene rings is 1. The third-order valence-corrected chi connectivity index (χ3v) is 7.48. The molecule has 2 saturated carbocycles. The maximum Gasteiger partial charge on any atom is 0.254 e. The largest absolute Gasteiger partial charge is 0.385 e. The van der Waals surface area contributed by atoms with E-state index in [1.54, 1.807) is 7.11 Å². The quantitative estimate of drug-likeness (QED) is 0.704. The molecule has 1 heterocycles. The van der Waals surface area contributed by atoms with Crippen LogP contribution >= 0.6 is 0 Å². The molecule has 1 spiro atoms. The monoisotopic (exact) mass is 412 g/mol. The molecular weight excluding hydrogens is 376 g/mol. The molecule has 1 unspecified atom stereocenters. The maximum atomic E-state index is 13.8. The van der Waals surface area contributed by atoms with E-state index >= 15 is 0 Å². The Balaban J connectivity index is 1.74. The Morgan fingerprint density at radius 1 is 1.10 bits per heavy atom. The summed E-state index contributed by atoms with van der Waals surface area (Å²) in [5, 5.41) is 3.18. The van der Waals surface area contributed by atoms with Gasteiger partial charge in [0, 0.05) is 31.9 Å². The van der Waals surface area contributed by atoms with Crippen molar-refractivity contribution in [2.24, 2.45) is 0 Å². The molecular formula is C25H36N2O3. The first kappa shape index (κ1) is 21.4. The highest BCUT2D eigenvalue weighted by Crippen LogP contribution is 2.51. The highest BCUT2D eigenvalue weighted by Gasteiger charge is 2.56. The van der Waals surface area contributed by atoms with Crippen molar-refractivity contribution in [1.82, 2.24) is 10.2 Å². The van der Waals surface area contributed by atoms with Gasteiger partial charge in [0.25, 0.3) is 5.91 Å². The Hall–Kier alpha value is -1.88. The van der Waals surface area contributed by atoms with Gasteiger partial charge in [-0.1, -0.05) is 56.7 Å². The van der Waals surface area contributed by atoms with Crippen molar-refractivity contribution in [3.8, 4) is 0 Å². The molecule has 30 heavy (non-hydrogen) atoms. The summed E-state index contributed by atoms with van der Waals surface area (Å²) in [5.74, 6) is -0.0484. The first-order valence-electron chi connectivity index (χ1n) is 11.9. The van der Waals surface area contributed by atoms with Gasteiger partial charge >= 0.3 is 0 Å². The Kier molecular flexibility index (Phi) is 6.77. The molecule has 1 N–H and O–H groups in total. The molecule has 0 bridgehead atoms. The Morgan fingerprint density at radius 2 is 1.80 bits per heavy atom. The number of fused-ring (bicyclic) bond motifs is 1. The lowest BCUT2D eigenvalue weighted by Crippen LogP contribution is -2.65. The number of ether oxygens (including phenoxy) is 1. The lowest BCUT2D eigenvalue weighted by Gasteiger charge is -2.57. The molecule has 164 valence electrons. The van der Waals surface area contributed by atoms with E-state index in [9.17, 15) is 9.59 Å². The number of amides is 2. The van der Waals surface area contributed by atoms with Crippen molar-refractivity contribution in [1.29, 1.82) is 0 Å². The molecule has 0 aromatic heterocycles.